The molecule has 0 aliphatic carbocycles. The van der Waals surface area contributed by atoms with Gasteiger partial charge in [0, 0.05) is 28.6 Å². The number of aromatic nitrogens is 1. The zero-order valence-electron chi connectivity index (χ0n) is 7.54. The van der Waals surface area contributed by atoms with Crippen molar-refractivity contribution in [3.8, 4) is 5.75 Å². The van der Waals surface area contributed by atoms with Crippen LogP contribution in [0.25, 0.3) is 10.9 Å². The van der Waals surface area contributed by atoms with Gasteiger partial charge in [-0.25, -0.2) is 0 Å². The molecular weight excluding hydrogens is 230 g/mol. The molecule has 0 spiro atoms. The standard InChI is InChI=1S/C10H10BrNO/c1-12-6-9(11)8-5-7(13-2)3-4-10(8)12/h3-6H,1-2H3. The third kappa shape index (κ3) is 1.33. The monoisotopic (exact) mass is 239 g/mol. The van der Waals surface area contributed by atoms with Crippen molar-refractivity contribution in [3.63, 3.8) is 0 Å². The van der Waals surface area contributed by atoms with Crippen LogP contribution in [0.1, 0.15) is 0 Å². The molecule has 3 heteroatoms. The summed E-state index contributed by atoms with van der Waals surface area (Å²) in [4.78, 5) is 0. The van der Waals surface area contributed by atoms with Gasteiger partial charge < -0.3 is 9.30 Å². The van der Waals surface area contributed by atoms with E-state index < -0.39 is 0 Å². The van der Waals surface area contributed by atoms with Gasteiger partial charge in [-0.05, 0) is 34.1 Å². The van der Waals surface area contributed by atoms with E-state index >= 15 is 0 Å². The van der Waals surface area contributed by atoms with Crippen molar-refractivity contribution < 1.29 is 4.74 Å². The number of nitrogens with zero attached hydrogens (tertiary/aromatic N) is 1. The Morgan fingerprint density at radius 3 is 2.85 bits per heavy atom. The SMILES string of the molecule is COc1ccc2c(c1)c(Br)cn2C. The van der Waals surface area contributed by atoms with Gasteiger partial charge in [-0.15, -0.1) is 0 Å². The fraction of sp³-hybridized carbons (Fsp3) is 0.200. The van der Waals surface area contributed by atoms with Crippen molar-refractivity contribution in [2.24, 2.45) is 7.05 Å². The summed E-state index contributed by atoms with van der Waals surface area (Å²) in [5.74, 6) is 0.888. The highest BCUT2D eigenvalue weighted by Gasteiger charge is 2.04. The van der Waals surface area contributed by atoms with E-state index in [4.69, 9.17) is 4.74 Å². The lowest BCUT2D eigenvalue weighted by molar-refractivity contribution is 0.415. The molecule has 2 rings (SSSR count). The van der Waals surface area contributed by atoms with Gasteiger partial charge in [0.25, 0.3) is 0 Å². The number of methoxy groups -OCH3 is 1. The molecule has 1 aromatic heterocycles. The second-order valence-electron chi connectivity index (χ2n) is 2.97. The Labute approximate surface area is 85.2 Å². The van der Waals surface area contributed by atoms with E-state index in [0.717, 1.165) is 10.2 Å². The number of rotatable bonds is 1. The lowest BCUT2D eigenvalue weighted by Gasteiger charge is -2.00. The molecule has 0 radical (unpaired) electrons. The quantitative estimate of drug-likeness (QED) is 0.747. The maximum atomic E-state index is 5.16. The number of ether oxygens (including phenoxy) is 1. The minimum Gasteiger partial charge on any atom is -0.497 e. The summed E-state index contributed by atoms with van der Waals surface area (Å²) >= 11 is 3.50. The minimum atomic E-state index is 0.888. The van der Waals surface area contributed by atoms with Crippen LogP contribution in [0.5, 0.6) is 5.75 Å². The molecule has 0 aliphatic rings. The van der Waals surface area contributed by atoms with Gasteiger partial charge in [-0.3, -0.25) is 0 Å². The molecular formula is C10H10BrNO. The van der Waals surface area contributed by atoms with Gasteiger partial charge in [-0.1, -0.05) is 0 Å². The van der Waals surface area contributed by atoms with E-state index in [2.05, 4.69) is 26.6 Å². The number of fused-ring (bicyclic) bond motifs is 1. The van der Waals surface area contributed by atoms with E-state index in [1.807, 2.05) is 25.4 Å². The Kier molecular flexibility index (Phi) is 2.04. The highest BCUT2D eigenvalue weighted by atomic mass is 79.9. The molecule has 2 aromatic rings. The van der Waals surface area contributed by atoms with Crippen LogP contribution in [0.4, 0.5) is 0 Å². The number of hydrogen-bond donors (Lipinski definition) is 0. The first kappa shape index (κ1) is 8.63. The lowest BCUT2D eigenvalue weighted by Crippen LogP contribution is -1.84. The van der Waals surface area contributed by atoms with E-state index in [9.17, 15) is 0 Å². The van der Waals surface area contributed by atoms with Crippen LogP contribution in [0.15, 0.2) is 28.9 Å². The zero-order valence-corrected chi connectivity index (χ0v) is 9.13. The Bertz CT molecular complexity index is 447. The summed E-state index contributed by atoms with van der Waals surface area (Å²) in [6.45, 7) is 0. The van der Waals surface area contributed by atoms with Crippen LogP contribution in [0.3, 0.4) is 0 Å². The maximum Gasteiger partial charge on any atom is 0.119 e. The Hall–Kier alpha value is -0.960. The Balaban J connectivity index is 2.76. The largest absolute Gasteiger partial charge is 0.497 e. The molecule has 0 atom stereocenters. The van der Waals surface area contributed by atoms with Crippen molar-refractivity contribution in [3.05, 3.63) is 28.9 Å². The third-order valence-corrected chi connectivity index (χ3v) is 2.78. The summed E-state index contributed by atoms with van der Waals surface area (Å²) in [5.41, 5.74) is 1.20. The first-order chi connectivity index (χ1) is 6.22. The molecule has 1 aromatic carbocycles. The molecule has 0 saturated heterocycles. The maximum absolute atomic E-state index is 5.16. The minimum absolute atomic E-state index is 0.888. The van der Waals surface area contributed by atoms with E-state index in [0.29, 0.717) is 0 Å². The van der Waals surface area contributed by atoms with Crippen LogP contribution >= 0.6 is 15.9 Å². The van der Waals surface area contributed by atoms with Crippen LogP contribution in [0, 0.1) is 0 Å². The second kappa shape index (κ2) is 3.07. The molecule has 0 unspecified atom stereocenters. The zero-order chi connectivity index (χ0) is 9.42. The second-order valence-corrected chi connectivity index (χ2v) is 3.83. The van der Waals surface area contributed by atoms with E-state index in [1.54, 1.807) is 7.11 Å². The van der Waals surface area contributed by atoms with Gasteiger partial charge in [0.05, 0.1) is 7.11 Å². The topological polar surface area (TPSA) is 14.2 Å². The Morgan fingerprint density at radius 1 is 1.38 bits per heavy atom. The smallest absolute Gasteiger partial charge is 0.119 e. The van der Waals surface area contributed by atoms with E-state index in [-0.39, 0.29) is 0 Å². The van der Waals surface area contributed by atoms with Crippen LogP contribution < -0.4 is 4.74 Å². The highest BCUT2D eigenvalue weighted by Crippen LogP contribution is 2.28. The van der Waals surface area contributed by atoms with Crippen molar-refractivity contribution in [1.29, 1.82) is 0 Å². The number of hydrogen-bond acceptors (Lipinski definition) is 1. The molecule has 0 aliphatic heterocycles. The first-order valence-electron chi connectivity index (χ1n) is 4.01. The molecule has 0 N–H and O–H groups in total. The Morgan fingerprint density at radius 2 is 2.15 bits per heavy atom. The predicted octanol–water partition coefficient (Wildman–Crippen LogP) is 2.95. The van der Waals surface area contributed by atoms with Gasteiger partial charge in [0.1, 0.15) is 5.75 Å². The number of aryl methyl sites for hydroxylation is 1. The summed E-state index contributed by atoms with van der Waals surface area (Å²) in [5, 5.41) is 1.18. The average molecular weight is 240 g/mol. The molecule has 13 heavy (non-hydrogen) atoms. The summed E-state index contributed by atoms with van der Waals surface area (Å²) < 4.78 is 8.34. The van der Waals surface area contributed by atoms with Gasteiger partial charge in [0.15, 0.2) is 0 Å². The third-order valence-electron chi connectivity index (χ3n) is 2.15. The van der Waals surface area contributed by atoms with Crippen LogP contribution in [-0.4, -0.2) is 11.7 Å². The van der Waals surface area contributed by atoms with Crippen LogP contribution in [-0.2, 0) is 7.05 Å². The van der Waals surface area contributed by atoms with E-state index in [1.165, 1.54) is 10.9 Å². The normalized spacial score (nSPS) is 10.7. The molecule has 0 bridgehead atoms. The molecule has 68 valence electrons. The lowest BCUT2D eigenvalue weighted by atomic mass is 10.2. The molecule has 0 fully saturated rings. The van der Waals surface area contributed by atoms with Gasteiger partial charge >= 0.3 is 0 Å². The first-order valence-corrected chi connectivity index (χ1v) is 4.80. The van der Waals surface area contributed by atoms with Crippen molar-refractivity contribution in [2.75, 3.05) is 7.11 Å². The van der Waals surface area contributed by atoms with Crippen molar-refractivity contribution in [1.82, 2.24) is 4.57 Å². The molecule has 0 saturated carbocycles. The van der Waals surface area contributed by atoms with Crippen molar-refractivity contribution in [2.45, 2.75) is 0 Å². The van der Waals surface area contributed by atoms with Crippen LogP contribution in [0.2, 0.25) is 0 Å². The molecule has 1 heterocycles. The fourth-order valence-corrected chi connectivity index (χ4v) is 2.07. The number of halogens is 1. The summed E-state index contributed by atoms with van der Waals surface area (Å²) in [6.07, 6.45) is 2.05. The number of benzene rings is 1. The summed E-state index contributed by atoms with van der Waals surface area (Å²) in [6, 6.07) is 6.05. The van der Waals surface area contributed by atoms with Gasteiger partial charge in [0.2, 0.25) is 0 Å². The average Bonchev–Trinajstić information content (AvgIpc) is 2.42. The fourth-order valence-electron chi connectivity index (χ4n) is 1.45. The molecule has 0 amide bonds. The van der Waals surface area contributed by atoms with Gasteiger partial charge in [-0.2, -0.15) is 0 Å². The molecule has 2 nitrogen and oxygen atoms in total. The summed E-state index contributed by atoms with van der Waals surface area (Å²) in [7, 11) is 3.71. The predicted molar refractivity (Wildman–Crippen MR) is 57.2 cm³/mol. The highest BCUT2D eigenvalue weighted by molar-refractivity contribution is 9.10. The van der Waals surface area contributed by atoms with Crippen molar-refractivity contribution >= 4 is 26.8 Å².